The van der Waals surface area contributed by atoms with Crippen LogP contribution in [0.15, 0.2) is 59.8 Å². The van der Waals surface area contributed by atoms with E-state index in [1.165, 1.54) is 4.68 Å². The van der Waals surface area contributed by atoms with E-state index in [0.717, 1.165) is 76.1 Å². The van der Waals surface area contributed by atoms with Gasteiger partial charge in [0.25, 0.3) is 17.4 Å². The van der Waals surface area contributed by atoms with Crippen LogP contribution in [0, 0.1) is 28.1 Å². The van der Waals surface area contributed by atoms with Gasteiger partial charge in [0.1, 0.15) is 24.0 Å². The fourth-order valence-electron chi connectivity index (χ4n) is 9.91. The predicted molar refractivity (Wildman–Crippen MR) is 227 cm³/mol. The standard InChI is InChI=1S/C44H51ClN10O5/c1-43(2)40(44(3,4)41(43)60-32-7-5-28(23-46)34(45)22-32)51-37(57)30-24-47-42(48-25-30)54-15-12-27(13-16-54)11-14-52-17-19-53(20-18-52)31-6-8-33-29(21-31)26-49-55(39(33)59)35-9-10-36(56)50-38(35)58/h5-8,21-22,24-27,35,40-41H,9-20H2,1-4H3,(H,51,57)(H,50,56,58)/t35-,40-,41-/m0/s1. The smallest absolute Gasteiger partial charge is 0.275 e. The number of halogens is 1. The Balaban J connectivity index is 0.772. The lowest BCUT2D eigenvalue weighted by atomic mass is 9.49. The van der Waals surface area contributed by atoms with E-state index in [1.807, 2.05) is 18.2 Å². The van der Waals surface area contributed by atoms with Crippen LogP contribution in [0.2, 0.25) is 5.02 Å². The Kier molecular flexibility index (Phi) is 11.3. The number of fused-ring (bicyclic) bond motifs is 1. The Morgan fingerprint density at radius 1 is 0.933 bits per heavy atom. The Morgan fingerprint density at radius 3 is 2.32 bits per heavy atom. The molecule has 1 saturated carbocycles. The predicted octanol–water partition coefficient (Wildman–Crippen LogP) is 4.73. The second-order valence-corrected chi connectivity index (χ2v) is 18.2. The Morgan fingerprint density at radius 2 is 1.65 bits per heavy atom. The van der Waals surface area contributed by atoms with Gasteiger partial charge < -0.3 is 19.9 Å². The summed E-state index contributed by atoms with van der Waals surface area (Å²) in [7, 11) is 0. The van der Waals surface area contributed by atoms with Gasteiger partial charge in [-0.2, -0.15) is 10.4 Å². The zero-order chi connectivity index (χ0) is 42.3. The fraction of sp³-hybridized carbons (Fsp3) is 0.500. The summed E-state index contributed by atoms with van der Waals surface area (Å²) < 4.78 is 7.56. The molecule has 314 valence electrons. The molecule has 60 heavy (non-hydrogen) atoms. The summed E-state index contributed by atoms with van der Waals surface area (Å²) in [5.41, 5.74) is 0.763. The molecule has 2 aromatic heterocycles. The molecule has 1 atom stereocenters. The van der Waals surface area contributed by atoms with E-state index in [2.05, 4.69) is 74.2 Å². The first-order valence-corrected chi connectivity index (χ1v) is 21.2. The van der Waals surface area contributed by atoms with Crippen LogP contribution < -0.4 is 30.7 Å². The van der Waals surface area contributed by atoms with E-state index in [1.54, 1.807) is 36.8 Å². The first-order chi connectivity index (χ1) is 28.7. The molecule has 0 spiro atoms. The summed E-state index contributed by atoms with van der Waals surface area (Å²) in [5.74, 6) is 0.812. The van der Waals surface area contributed by atoms with Crippen LogP contribution in [-0.4, -0.2) is 100 Å². The van der Waals surface area contributed by atoms with Gasteiger partial charge in [-0.15, -0.1) is 0 Å². The third-order valence-electron chi connectivity index (χ3n) is 13.1. The number of carbonyl (C=O) groups is 3. The average molecular weight is 835 g/mol. The number of nitrogens with zero attached hydrogens (tertiary/aromatic N) is 8. The van der Waals surface area contributed by atoms with Crippen LogP contribution in [0.1, 0.15) is 81.8 Å². The molecule has 4 aliphatic rings. The number of nitriles is 1. The zero-order valence-electron chi connectivity index (χ0n) is 34.5. The SMILES string of the molecule is CC1(C)[C@H](NC(=O)c2cnc(N3CCC(CCN4CCN(c5ccc6c(=O)n([C@H]7CCC(=O)NC7=O)ncc6c5)CC4)CC3)nc2)C(C)(C)[C@H]1Oc1ccc(C#N)c(Cl)c1. The maximum absolute atomic E-state index is 13.4. The number of ether oxygens (including phenoxy) is 1. The molecule has 3 aliphatic heterocycles. The summed E-state index contributed by atoms with van der Waals surface area (Å²) in [4.78, 5) is 66.9. The van der Waals surface area contributed by atoms with Crippen molar-refractivity contribution in [3.63, 3.8) is 0 Å². The minimum atomic E-state index is -0.783. The Labute approximate surface area is 354 Å². The van der Waals surface area contributed by atoms with Crippen molar-refractivity contribution in [2.24, 2.45) is 16.7 Å². The van der Waals surface area contributed by atoms with Gasteiger partial charge in [-0.1, -0.05) is 39.3 Å². The molecule has 5 heterocycles. The molecular weight excluding hydrogens is 784 g/mol. The van der Waals surface area contributed by atoms with Crippen molar-refractivity contribution < 1.29 is 19.1 Å². The highest BCUT2D eigenvalue weighted by Gasteiger charge is 2.64. The highest BCUT2D eigenvalue weighted by atomic mass is 35.5. The van der Waals surface area contributed by atoms with Crippen molar-refractivity contribution in [1.29, 1.82) is 5.26 Å². The zero-order valence-corrected chi connectivity index (χ0v) is 35.2. The minimum absolute atomic E-state index is 0.167. The van der Waals surface area contributed by atoms with Gasteiger partial charge in [-0.3, -0.25) is 29.4 Å². The number of rotatable bonds is 10. The van der Waals surface area contributed by atoms with Crippen molar-refractivity contribution in [3.8, 4) is 11.8 Å². The molecule has 3 amide bonds. The summed E-state index contributed by atoms with van der Waals surface area (Å²) in [6.07, 6.45) is 8.36. The maximum Gasteiger partial charge on any atom is 0.275 e. The fourth-order valence-corrected chi connectivity index (χ4v) is 10.1. The molecule has 15 nitrogen and oxygen atoms in total. The molecule has 1 aliphatic carbocycles. The van der Waals surface area contributed by atoms with E-state index >= 15 is 0 Å². The van der Waals surface area contributed by atoms with E-state index in [0.29, 0.717) is 39.2 Å². The van der Waals surface area contributed by atoms with Gasteiger partial charge in [0.05, 0.1) is 27.7 Å². The number of benzene rings is 2. The number of anilines is 2. The highest BCUT2D eigenvalue weighted by Crippen LogP contribution is 2.55. The van der Waals surface area contributed by atoms with Crippen molar-refractivity contribution in [2.75, 3.05) is 55.6 Å². The summed E-state index contributed by atoms with van der Waals surface area (Å²) in [6.45, 7) is 14.8. The molecule has 0 radical (unpaired) electrons. The average Bonchev–Trinajstić information content (AvgIpc) is 3.24. The number of hydrogen-bond acceptors (Lipinski definition) is 12. The van der Waals surface area contributed by atoms with Crippen molar-refractivity contribution >= 4 is 51.7 Å². The number of hydrogen-bond donors (Lipinski definition) is 2. The molecular formula is C44H51ClN10O5. The maximum atomic E-state index is 13.4. The van der Waals surface area contributed by atoms with Crippen LogP contribution >= 0.6 is 11.6 Å². The molecule has 4 aromatic rings. The molecule has 4 fully saturated rings. The molecule has 0 bridgehead atoms. The largest absolute Gasteiger partial charge is 0.489 e. The van der Waals surface area contributed by atoms with Gasteiger partial charge in [0.2, 0.25) is 11.9 Å². The molecule has 16 heteroatoms. The number of carbonyl (C=O) groups excluding carboxylic acids is 3. The monoisotopic (exact) mass is 834 g/mol. The van der Waals surface area contributed by atoms with Crippen LogP contribution in [-0.2, 0) is 9.59 Å². The second kappa shape index (κ2) is 16.5. The topological polar surface area (TPSA) is 179 Å². The number of imide groups is 1. The molecule has 2 aromatic carbocycles. The number of piperazine rings is 1. The van der Waals surface area contributed by atoms with E-state index in [9.17, 15) is 24.4 Å². The van der Waals surface area contributed by atoms with Gasteiger partial charge >= 0.3 is 0 Å². The van der Waals surface area contributed by atoms with Crippen LogP contribution in [0.25, 0.3) is 10.8 Å². The first kappa shape index (κ1) is 41.2. The lowest BCUT2D eigenvalue weighted by Gasteiger charge is -2.63. The van der Waals surface area contributed by atoms with Gasteiger partial charge in [0.15, 0.2) is 0 Å². The lowest BCUT2D eigenvalue weighted by Crippen LogP contribution is -2.74. The third kappa shape index (κ3) is 8.02. The van der Waals surface area contributed by atoms with Crippen molar-refractivity contribution in [1.82, 2.24) is 35.3 Å². The normalized spacial score (nSPS) is 23.1. The van der Waals surface area contributed by atoms with Gasteiger partial charge in [0, 0.05) is 92.1 Å². The molecule has 2 N–H and O–H groups in total. The van der Waals surface area contributed by atoms with Crippen molar-refractivity contribution in [3.05, 3.63) is 81.5 Å². The van der Waals surface area contributed by atoms with E-state index in [-0.39, 0.29) is 53.2 Å². The molecule has 3 saturated heterocycles. The number of nitrogens with one attached hydrogen (secondary N) is 2. The van der Waals surface area contributed by atoms with Gasteiger partial charge in [-0.25, -0.2) is 14.6 Å². The summed E-state index contributed by atoms with van der Waals surface area (Å²) in [6, 6.07) is 12.0. The minimum Gasteiger partial charge on any atom is -0.489 e. The van der Waals surface area contributed by atoms with E-state index in [4.69, 9.17) is 16.3 Å². The second-order valence-electron chi connectivity index (χ2n) is 17.8. The van der Waals surface area contributed by atoms with Crippen LogP contribution in [0.5, 0.6) is 5.75 Å². The molecule has 8 rings (SSSR count). The van der Waals surface area contributed by atoms with Crippen LogP contribution in [0.3, 0.4) is 0 Å². The number of amides is 3. The quantitative estimate of drug-likeness (QED) is 0.210. The number of piperidine rings is 2. The van der Waals surface area contributed by atoms with Gasteiger partial charge in [-0.05, 0) is 68.5 Å². The van der Waals surface area contributed by atoms with Crippen LogP contribution in [0.4, 0.5) is 11.6 Å². The number of aromatic nitrogens is 4. The Bertz CT molecular complexity index is 2380. The first-order valence-electron chi connectivity index (χ1n) is 20.8. The summed E-state index contributed by atoms with van der Waals surface area (Å²) >= 11 is 6.25. The Hall–Kier alpha value is -5.59. The highest BCUT2D eigenvalue weighted by molar-refractivity contribution is 6.31. The third-order valence-corrected chi connectivity index (χ3v) is 13.4. The molecule has 0 unspecified atom stereocenters. The van der Waals surface area contributed by atoms with E-state index < -0.39 is 11.9 Å². The van der Waals surface area contributed by atoms with Crippen molar-refractivity contribution in [2.45, 2.75) is 78.0 Å². The summed E-state index contributed by atoms with van der Waals surface area (Å²) in [5, 5.41) is 20.6. The lowest BCUT2D eigenvalue weighted by molar-refractivity contribution is -0.164.